The number of hydrogen-bond acceptors (Lipinski definition) is 4. The first-order valence-electron chi connectivity index (χ1n) is 7.11. The number of benzene rings is 1. The Morgan fingerprint density at radius 2 is 1.76 bits per heavy atom. The molecule has 2 unspecified atom stereocenters. The number of hydrogen-bond donors (Lipinski definition) is 2. The molecule has 0 fully saturated rings. The minimum atomic E-state index is -3.19. The molecule has 0 heterocycles. The van der Waals surface area contributed by atoms with E-state index in [-0.39, 0.29) is 22.9 Å². The summed E-state index contributed by atoms with van der Waals surface area (Å²) in [5.41, 5.74) is 0.716. The van der Waals surface area contributed by atoms with Gasteiger partial charge in [0, 0.05) is 18.0 Å². The van der Waals surface area contributed by atoms with Crippen molar-refractivity contribution in [1.82, 2.24) is 5.32 Å². The second-order valence-electron chi connectivity index (χ2n) is 5.36. The molecule has 1 amide bonds. The van der Waals surface area contributed by atoms with Crippen molar-refractivity contribution in [3.8, 4) is 0 Å². The summed E-state index contributed by atoms with van der Waals surface area (Å²) in [6.45, 7) is 5.83. The molecule has 1 aromatic rings. The predicted octanol–water partition coefficient (Wildman–Crippen LogP) is 2.20. The molecule has 1 aromatic carbocycles. The highest BCUT2D eigenvalue weighted by Crippen LogP contribution is 2.14. The van der Waals surface area contributed by atoms with E-state index in [9.17, 15) is 13.2 Å². The summed E-state index contributed by atoms with van der Waals surface area (Å²) in [6.07, 6.45) is 3.14. The zero-order chi connectivity index (χ0) is 16.0. The molecule has 0 aliphatic heterocycles. The Kier molecular flexibility index (Phi) is 6.20. The zero-order valence-electron chi connectivity index (χ0n) is 13.0. The molecule has 0 aromatic heterocycles. The van der Waals surface area contributed by atoms with E-state index in [1.54, 1.807) is 19.1 Å². The van der Waals surface area contributed by atoms with E-state index in [1.807, 2.05) is 6.92 Å². The molecule has 1 rings (SSSR count). The van der Waals surface area contributed by atoms with Crippen LogP contribution in [-0.4, -0.2) is 32.7 Å². The smallest absolute Gasteiger partial charge is 0.242 e. The summed E-state index contributed by atoms with van der Waals surface area (Å²) in [5.74, 6) is -0.0665. The maximum atomic E-state index is 12.0. The van der Waals surface area contributed by atoms with Crippen molar-refractivity contribution in [2.75, 3.05) is 11.6 Å². The Morgan fingerprint density at radius 1 is 1.19 bits per heavy atom. The second kappa shape index (κ2) is 7.45. The molecule has 118 valence electrons. The summed E-state index contributed by atoms with van der Waals surface area (Å²) < 4.78 is 22.7. The van der Waals surface area contributed by atoms with Gasteiger partial charge >= 0.3 is 0 Å². The monoisotopic (exact) mass is 312 g/mol. The van der Waals surface area contributed by atoms with Crippen molar-refractivity contribution >= 4 is 21.4 Å². The van der Waals surface area contributed by atoms with Crippen molar-refractivity contribution < 1.29 is 13.2 Å². The summed E-state index contributed by atoms with van der Waals surface area (Å²) >= 11 is 0. The quantitative estimate of drug-likeness (QED) is 0.809. The van der Waals surface area contributed by atoms with Crippen LogP contribution < -0.4 is 10.6 Å². The molecule has 0 spiro atoms. The van der Waals surface area contributed by atoms with Crippen molar-refractivity contribution in [2.45, 2.75) is 50.6 Å². The van der Waals surface area contributed by atoms with Gasteiger partial charge in [0.25, 0.3) is 0 Å². The highest BCUT2D eigenvalue weighted by molar-refractivity contribution is 7.90. The lowest BCUT2D eigenvalue weighted by molar-refractivity contribution is -0.122. The SMILES string of the molecule is CCCC(C)NC(=O)C(C)Nc1ccc(S(C)(=O)=O)cc1. The van der Waals surface area contributed by atoms with E-state index >= 15 is 0 Å². The average Bonchev–Trinajstić information content (AvgIpc) is 2.38. The van der Waals surface area contributed by atoms with Gasteiger partial charge in [-0.05, 0) is 44.5 Å². The van der Waals surface area contributed by atoms with Crippen molar-refractivity contribution in [2.24, 2.45) is 0 Å². The topological polar surface area (TPSA) is 75.3 Å². The number of rotatable bonds is 7. The molecule has 2 atom stereocenters. The highest BCUT2D eigenvalue weighted by atomic mass is 32.2. The summed E-state index contributed by atoms with van der Waals surface area (Å²) in [4.78, 5) is 12.3. The van der Waals surface area contributed by atoms with Gasteiger partial charge in [-0.3, -0.25) is 4.79 Å². The van der Waals surface area contributed by atoms with Crippen LogP contribution in [0.25, 0.3) is 0 Å². The van der Waals surface area contributed by atoms with E-state index in [4.69, 9.17) is 0 Å². The van der Waals surface area contributed by atoms with Crippen LogP contribution in [0.4, 0.5) is 5.69 Å². The lowest BCUT2D eigenvalue weighted by Crippen LogP contribution is -2.42. The van der Waals surface area contributed by atoms with Gasteiger partial charge in [-0.25, -0.2) is 8.42 Å². The third-order valence-corrected chi connectivity index (χ3v) is 4.30. The maximum Gasteiger partial charge on any atom is 0.242 e. The van der Waals surface area contributed by atoms with Crippen molar-refractivity contribution in [3.05, 3.63) is 24.3 Å². The molecule has 0 bridgehead atoms. The lowest BCUT2D eigenvalue weighted by atomic mass is 10.2. The first-order chi connectivity index (χ1) is 9.74. The Balaban J connectivity index is 2.62. The van der Waals surface area contributed by atoms with Gasteiger partial charge in [0.05, 0.1) is 4.90 Å². The summed E-state index contributed by atoms with van der Waals surface area (Å²) in [6, 6.07) is 6.16. The van der Waals surface area contributed by atoms with Crippen LogP contribution >= 0.6 is 0 Å². The molecule has 6 heteroatoms. The molecule has 2 N–H and O–H groups in total. The Bertz CT molecular complexity index is 567. The van der Waals surface area contributed by atoms with Crippen LogP contribution in [0.3, 0.4) is 0 Å². The molecule has 0 saturated heterocycles. The number of nitrogens with one attached hydrogen (secondary N) is 2. The fraction of sp³-hybridized carbons (Fsp3) is 0.533. The highest BCUT2D eigenvalue weighted by Gasteiger charge is 2.15. The van der Waals surface area contributed by atoms with Crippen LogP contribution in [0.15, 0.2) is 29.2 Å². The molecule has 0 radical (unpaired) electrons. The van der Waals surface area contributed by atoms with Gasteiger partial charge in [0.1, 0.15) is 6.04 Å². The van der Waals surface area contributed by atoms with Crippen molar-refractivity contribution in [1.29, 1.82) is 0 Å². The number of amides is 1. The molecular formula is C15H24N2O3S. The predicted molar refractivity (Wildman–Crippen MR) is 85.1 cm³/mol. The Morgan fingerprint density at radius 3 is 2.24 bits per heavy atom. The summed E-state index contributed by atoms with van der Waals surface area (Å²) in [5, 5.41) is 6.00. The van der Waals surface area contributed by atoms with Crippen molar-refractivity contribution in [3.63, 3.8) is 0 Å². The fourth-order valence-electron chi connectivity index (χ4n) is 1.99. The van der Waals surface area contributed by atoms with Gasteiger partial charge in [-0.15, -0.1) is 0 Å². The maximum absolute atomic E-state index is 12.0. The van der Waals surface area contributed by atoms with Crippen LogP contribution in [0.1, 0.15) is 33.6 Å². The second-order valence-corrected chi connectivity index (χ2v) is 7.38. The average molecular weight is 312 g/mol. The molecule has 21 heavy (non-hydrogen) atoms. The van der Waals surface area contributed by atoms with E-state index in [0.717, 1.165) is 12.8 Å². The first-order valence-corrected chi connectivity index (χ1v) is 9.00. The van der Waals surface area contributed by atoms with Crippen LogP contribution in [0, 0.1) is 0 Å². The van der Waals surface area contributed by atoms with Gasteiger partial charge in [-0.1, -0.05) is 13.3 Å². The number of sulfone groups is 1. The third kappa shape index (κ3) is 5.75. The minimum Gasteiger partial charge on any atom is -0.374 e. The number of carbonyl (C=O) groups is 1. The van der Waals surface area contributed by atoms with Crippen LogP contribution in [0.2, 0.25) is 0 Å². The standard InChI is InChI=1S/C15H24N2O3S/c1-5-6-11(2)16-15(18)12(3)17-13-7-9-14(10-8-13)21(4,19)20/h7-12,17H,5-6H2,1-4H3,(H,16,18). The Labute approximate surface area is 127 Å². The zero-order valence-corrected chi connectivity index (χ0v) is 13.8. The summed E-state index contributed by atoms with van der Waals surface area (Å²) in [7, 11) is -3.19. The van der Waals surface area contributed by atoms with E-state index in [0.29, 0.717) is 5.69 Å². The number of anilines is 1. The van der Waals surface area contributed by atoms with Gasteiger partial charge in [0.2, 0.25) is 5.91 Å². The molecular weight excluding hydrogens is 288 g/mol. The van der Waals surface area contributed by atoms with E-state index in [1.165, 1.54) is 18.4 Å². The van der Waals surface area contributed by atoms with Gasteiger partial charge in [0.15, 0.2) is 9.84 Å². The first kappa shape index (κ1) is 17.5. The van der Waals surface area contributed by atoms with Crippen LogP contribution in [0.5, 0.6) is 0 Å². The fourth-order valence-corrected chi connectivity index (χ4v) is 2.62. The molecule has 0 aliphatic carbocycles. The largest absolute Gasteiger partial charge is 0.374 e. The normalized spacial score (nSPS) is 14.3. The van der Waals surface area contributed by atoms with Gasteiger partial charge in [-0.2, -0.15) is 0 Å². The lowest BCUT2D eigenvalue weighted by Gasteiger charge is -2.19. The third-order valence-electron chi connectivity index (χ3n) is 3.17. The van der Waals surface area contributed by atoms with E-state index < -0.39 is 9.84 Å². The Hall–Kier alpha value is -1.56. The molecule has 0 aliphatic rings. The molecule has 0 saturated carbocycles. The van der Waals surface area contributed by atoms with Crippen LogP contribution in [-0.2, 0) is 14.6 Å². The number of carbonyl (C=O) groups excluding carboxylic acids is 1. The van der Waals surface area contributed by atoms with E-state index in [2.05, 4.69) is 17.6 Å². The minimum absolute atomic E-state index is 0.0665. The molecule has 5 nitrogen and oxygen atoms in total. The van der Waals surface area contributed by atoms with Gasteiger partial charge < -0.3 is 10.6 Å².